The number of nitrogens with one attached hydrogen (secondary N) is 1. The summed E-state index contributed by atoms with van der Waals surface area (Å²) in [6.45, 7) is 1.79. The highest BCUT2D eigenvalue weighted by Gasteiger charge is 2.46. The number of hydrogen-bond acceptors (Lipinski definition) is 6. The molecule has 1 heterocycles. The number of carbonyl (C=O) groups excluding carboxylic acids is 2. The van der Waals surface area contributed by atoms with Gasteiger partial charge in [0.1, 0.15) is 17.7 Å². The average Bonchev–Trinajstić information content (AvgIpc) is 3.40. The van der Waals surface area contributed by atoms with Crippen molar-refractivity contribution >= 4 is 11.8 Å². The summed E-state index contributed by atoms with van der Waals surface area (Å²) in [7, 11) is 3.15. The summed E-state index contributed by atoms with van der Waals surface area (Å²) in [5, 5.41) is 3.32. The van der Waals surface area contributed by atoms with Crippen LogP contribution in [0.2, 0.25) is 0 Å². The van der Waals surface area contributed by atoms with E-state index in [9.17, 15) is 9.59 Å². The first kappa shape index (κ1) is 25.1. The van der Waals surface area contributed by atoms with Crippen LogP contribution in [0.3, 0.4) is 0 Å². The Morgan fingerprint density at radius 2 is 1.73 bits per heavy atom. The lowest BCUT2D eigenvalue weighted by Gasteiger charge is -2.39. The zero-order chi connectivity index (χ0) is 26.1. The molecule has 5 rings (SSSR count). The molecule has 0 amide bonds. The second-order valence-corrected chi connectivity index (χ2v) is 9.97. The van der Waals surface area contributed by atoms with Crippen molar-refractivity contribution in [3.8, 4) is 11.5 Å². The van der Waals surface area contributed by atoms with Crippen molar-refractivity contribution in [2.45, 2.75) is 57.0 Å². The number of ketones is 1. The second-order valence-electron chi connectivity index (χ2n) is 9.97. The first-order valence-electron chi connectivity index (χ1n) is 12.8. The van der Waals surface area contributed by atoms with E-state index in [0.717, 1.165) is 31.2 Å². The van der Waals surface area contributed by atoms with Gasteiger partial charge in [-0.1, -0.05) is 30.3 Å². The summed E-state index contributed by atoms with van der Waals surface area (Å²) in [5.41, 5.74) is 2.83. The quantitative estimate of drug-likeness (QED) is 0.519. The van der Waals surface area contributed by atoms with Gasteiger partial charge in [0.2, 0.25) is 0 Å². The average molecular weight is 506 g/mol. The molecule has 1 aliphatic heterocycles. The SMILES string of the molecule is COc1ccc(C2C=C3NC(C)=C(C(=O)OC4CCCC4)C(c4ccccc4F)C3C(=O)C2)cc1OC. The molecule has 3 atom stereocenters. The molecular weight excluding hydrogens is 473 g/mol. The van der Waals surface area contributed by atoms with Crippen molar-refractivity contribution in [3.63, 3.8) is 0 Å². The van der Waals surface area contributed by atoms with Crippen molar-refractivity contribution in [2.24, 2.45) is 5.92 Å². The lowest BCUT2D eigenvalue weighted by Crippen LogP contribution is -2.42. The van der Waals surface area contributed by atoms with Gasteiger partial charge in [0.05, 0.1) is 25.7 Å². The maximum absolute atomic E-state index is 15.2. The van der Waals surface area contributed by atoms with Crippen molar-refractivity contribution in [3.05, 3.63) is 82.5 Å². The molecule has 2 aromatic rings. The predicted octanol–water partition coefficient (Wildman–Crippen LogP) is 5.55. The first-order chi connectivity index (χ1) is 17.9. The van der Waals surface area contributed by atoms with Crippen LogP contribution in [-0.2, 0) is 14.3 Å². The van der Waals surface area contributed by atoms with Crippen molar-refractivity contribution in [2.75, 3.05) is 14.2 Å². The number of rotatable bonds is 6. The van der Waals surface area contributed by atoms with Gasteiger partial charge in [-0.2, -0.15) is 0 Å². The number of Topliss-reactive ketones (excluding diaryl/α,β-unsaturated/α-hetero) is 1. The van der Waals surface area contributed by atoms with E-state index in [0.29, 0.717) is 34.0 Å². The highest BCUT2D eigenvalue weighted by atomic mass is 19.1. The Balaban J connectivity index is 1.56. The molecule has 1 N–H and O–H groups in total. The second kappa shape index (κ2) is 10.4. The molecule has 7 heteroatoms. The molecule has 37 heavy (non-hydrogen) atoms. The maximum Gasteiger partial charge on any atom is 0.336 e. The van der Waals surface area contributed by atoms with Crippen LogP contribution in [0.15, 0.2) is 65.5 Å². The molecule has 3 unspecified atom stereocenters. The first-order valence-corrected chi connectivity index (χ1v) is 12.8. The number of halogens is 1. The summed E-state index contributed by atoms with van der Waals surface area (Å²) in [6, 6.07) is 12.0. The van der Waals surface area contributed by atoms with Crippen LogP contribution in [-0.4, -0.2) is 32.1 Å². The van der Waals surface area contributed by atoms with E-state index in [-0.39, 0.29) is 24.2 Å². The number of methoxy groups -OCH3 is 2. The molecular formula is C30H32FNO5. The number of fused-ring (bicyclic) bond motifs is 1. The topological polar surface area (TPSA) is 73.9 Å². The molecule has 0 spiro atoms. The van der Waals surface area contributed by atoms with E-state index in [1.54, 1.807) is 39.3 Å². The third kappa shape index (κ3) is 4.75. The number of allylic oxidation sites excluding steroid dienone is 3. The molecule has 2 aromatic carbocycles. The zero-order valence-electron chi connectivity index (χ0n) is 21.4. The Hall–Kier alpha value is -3.61. The molecule has 1 fully saturated rings. The Bertz CT molecular complexity index is 1280. The molecule has 0 saturated heterocycles. The number of benzene rings is 2. The smallest absolute Gasteiger partial charge is 0.336 e. The third-order valence-corrected chi connectivity index (χ3v) is 7.74. The minimum Gasteiger partial charge on any atom is -0.493 e. The van der Waals surface area contributed by atoms with Crippen LogP contribution in [0.4, 0.5) is 4.39 Å². The van der Waals surface area contributed by atoms with Crippen LogP contribution in [0.25, 0.3) is 0 Å². The lowest BCUT2D eigenvalue weighted by atomic mass is 9.68. The standard InChI is InChI=1S/C30H32FNO5/c1-17-27(30(34)37-20-8-4-5-9-20)28(21-10-6-7-11-22(21)31)29-23(32-17)14-19(15-24(29)33)18-12-13-25(35-2)26(16-18)36-3/h6-7,10-14,16,19-20,28-29,32H,4-5,8-9,15H2,1-3H3. The highest BCUT2D eigenvalue weighted by molar-refractivity contribution is 5.96. The van der Waals surface area contributed by atoms with Crippen LogP contribution >= 0.6 is 0 Å². The summed E-state index contributed by atoms with van der Waals surface area (Å²) in [5.74, 6) is -1.45. The van der Waals surface area contributed by atoms with Gasteiger partial charge < -0.3 is 19.5 Å². The van der Waals surface area contributed by atoms with Crippen LogP contribution in [0, 0.1) is 11.7 Å². The summed E-state index contributed by atoms with van der Waals surface area (Å²) in [4.78, 5) is 27.2. The molecule has 3 aliphatic rings. The normalized spacial score (nSPS) is 23.7. The molecule has 1 saturated carbocycles. The van der Waals surface area contributed by atoms with E-state index in [1.807, 2.05) is 24.3 Å². The number of hydrogen-bond donors (Lipinski definition) is 1. The Morgan fingerprint density at radius 3 is 2.43 bits per heavy atom. The van der Waals surface area contributed by atoms with Gasteiger partial charge in [0.25, 0.3) is 0 Å². The van der Waals surface area contributed by atoms with E-state index < -0.39 is 23.6 Å². The highest BCUT2D eigenvalue weighted by Crippen LogP contribution is 2.47. The minimum absolute atomic E-state index is 0.0586. The number of esters is 1. The van der Waals surface area contributed by atoms with Crippen molar-refractivity contribution < 1.29 is 28.2 Å². The zero-order valence-corrected chi connectivity index (χ0v) is 21.4. The molecule has 0 bridgehead atoms. The third-order valence-electron chi connectivity index (χ3n) is 7.74. The van der Waals surface area contributed by atoms with Gasteiger partial charge in [0.15, 0.2) is 11.5 Å². The van der Waals surface area contributed by atoms with E-state index in [2.05, 4.69) is 5.32 Å². The van der Waals surface area contributed by atoms with E-state index in [1.165, 1.54) is 6.07 Å². The fourth-order valence-corrected chi connectivity index (χ4v) is 5.93. The van der Waals surface area contributed by atoms with Crippen LogP contribution in [0.1, 0.15) is 62.0 Å². The summed E-state index contributed by atoms with van der Waals surface area (Å²) in [6.07, 6.45) is 5.81. The van der Waals surface area contributed by atoms with Gasteiger partial charge in [-0.25, -0.2) is 9.18 Å². The minimum atomic E-state index is -0.763. The summed E-state index contributed by atoms with van der Waals surface area (Å²) < 4.78 is 31.8. The van der Waals surface area contributed by atoms with Crippen LogP contribution < -0.4 is 14.8 Å². The van der Waals surface area contributed by atoms with Gasteiger partial charge in [-0.05, 0) is 61.9 Å². The Labute approximate surface area is 216 Å². The van der Waals surface area contributed by atoms with Gasteiger partial charge in [-0.15, -0.1) is 0 Å². The fraction of sp³-hybridized carbons (Fsp3) is 0.400. The molecule has 6 nitrogen and oxygen atoms in total. The van der Waals surface area contributed by atoms with Crippen molar-refractivity contribution in [1.29, 1.82) is 0 Å². The monoisotopic (exact) mass is 505 g/mol. The lowest BCUT2D eigenvalue weighted by molar-refractivity contribution is -0.144. The molecule has 0 aromatic heterocycles. The molecule has 0 radical (unpaired) electrons. The van der Waals surface area contributed by atoms with Crippen molar-refractivity contribution in [1.82, 2.24) is 5.32 Å². The van der Waals surface area contributed by atoms with E-state index >= 15 is 4.39 Å². The Morgan fingerprint density at radius 1 is 1.00 bits per heavy atom. The molecule has 2 aliphatic carbocycles. The fourth-order valence-electron chi connectivity index (χ4n) is 5.93. The van der Waals surface area contributed by atoms with Gasteiger partial charge in [-0.3, -0.25) is 4.79 Å². The predicted molar refractivity (Wildman–Crippen MR) is 137 cm³/mol. The summed E-state index contributed by atoms with van der Waals surface area (Å²) >= 11 is 0. The van der Waals surface area contributed by atoms with Crippen LogP contribution in [0.5, 0.6) is 11.5 Å². The maximum atomic E-state index is 15.2. The molecule has 194 valence electrons. The number of ether oxygens (including phenoxy) is 3. The Kier molecular flexibility index (Phi) is 7.04. The van der Waals surface area contributed by atoms with Gasteiger partial charge in [0, 0.05) is 29.7 Å². The van der Waals surface area contributed by atoms with Gasteiger partial charge >= 0.3 is 5.97 Å². The van der Waals surface area contributed by atoms with E-state index in [4.69, 9.17) is 14.2 Å². The number of carbonyl (C=O) groups is 2. The largest absolute Gasteiger partial charge is 0.493 e.